The van der Waals surface area contributed by atoms with Crippen LogP contribution in [-0.4, -0.2) is 48.9 Å². The molecule has 8 heteroatoms. The molecule has 7 nitrogen and oxygen atoms in total. The summed E-state index contributed by atoms with van der Waals surface area (Å²) in [6.45, 7) is 1.76. The molecule has 0 bridgehead atoms. The van der Waals surface area contributed by atoms with Gasteiger partial charge in [0.05, 0.1) is 13.2 Å². The lowest BCUT2D eigenvalue weighted by Crippen LogP contribution is -2.44. The van der Waals surface area contributed by atoms with Crippen LogP contribution in [0.15, 0.2) is 34.9 Å². The number of hydrogen-bond acceptors (Lipinski definition) is 5. The minimum Gasteiger partial charge on any atom is -0.497 e. The summed E-state index contributed by atoms with van der Waals surface area (Å²) in [7, 11) is -1.85. The average Bonchev–Trinajstić information content (AvgIpc) is 3.36. The maximum absolute atomic E-state index is 13.3. The highest BCUT2D eigenvalue weighted by atomic mass is 32.2. The van der Waals surface area contributed by atoms with Crippen molar-refractivity contribution in [2.24, 2.45) is 0 Å². The minimum absolute atomic E-state index is 0.274. The maximum Gasteiger partial charge on any atom is 0.282 e. The van der Waals surface area contributed by atoms with Crippen LogP contribution in [0, 0.1) is 0 Å². The van der Waals surface area contributed by atoms with Gasteiger partial charge in [-0.1, -0.05) is 18.0 Å². The normalized spacial score (nSPS) is 22.2. The minimum atomic E-state index is -3.48. The Morgan fingerprint density at radius 3 is 2.46 bits per heavy atom. The molecule has 0 saturated carbocycles. The standard InChI is InChI=1S/C20H27N3O4S/c1-26-17-10-8-16(9-11-17)20-15-18(21-27-20)19-7-3-2-4-14-23(19)28(24,25)22-12-5-6-13-22/h8-11,15,19H,2-7,12-14H2,1H3/t19-/m1/s1. The molecule has 28 heavy (non-hydrogen) atoms. The summed E-state index contributed by atoms with van der Waals surface area (Å²) in [4.78, 5) is 0. The number of aromatic nitrogens is 1. The molecule has 0 unspecified atom stereocenters. The van der Waals surface area contributed by atoms with Crippen LogP contribution in [0.4, 0.5) is 0 Å². The van der Waals surface area contributed by atoms with Gasteiger partial charge in [0, 0.05) is 31.3 Å². The lowest BCUT2D eigenvalue weighted by atomic mass is 10.1. The fourth-order valence-electron chi connectivity index (χ4n) is 4.06. The Morgan fingerprint density at radius 2 is 1.75 bits per heavy atom. The van der Waals surface area contributed by atoms with Crippen LogP contribution in [0.5, 0.6) is 5.75 Å². The molecule has 4 rings (SSSR count). The lowest BCUT2D eigenvalue weighted by molar-refractivity contribution is 0.285. The average molecular weight is 406 g/mol. The zero-order valence-corrected chi connectivity index (χ0v) is 17.0. The third-order valence-electron chi connectivity index (χ3n) is 5.64. The van der Waals surface area contributed by atoms with Crippen LogP contribution in [0.2, 0.25) is 0 Å². The van der Waals surface area contributed by atoms with E-state index < -0.39 is 10.2 Å². The molecule has 0 N–H and O–H groups in total. The van der Waals surface area contributed by atoms with E-state index in [1.165, 1.54) is 0 Å². The highest BCUT2D eigenvalue weighted by Gasteiger charge is 2.38. The van der Waals surface area contributed by atoms with Gasteiger partial charge in [0.15, 0.2) is 5.76 Å². The van der Waals surface area contributed by atoms with Gasteiger partial charge in [0.1, 0.15) is 11.4 Å². The molecule has 0 spiro atoms. The molecular formula is C20H27N3O4S. The van der Waals surface area contributed by atoms with Crippen LogP contribution < -0.4 is 4.74 Å². The van der Waals surface area contributed by atoms with E-state index in [4.69, 9.17) is 9.26 Å². The van der Waals surface area contributed by atoms with Crippen molar-refractivity contribution in [1.82, 2.24) is 13.8 Å². The van der Waals surface area contributed by atoms with Crippen molar-refractivity contribution >= 4 is 10.2 Å². The molecule has 1 aromatic heterocycles. The Balaban J connectivity index is 1.62. The third kappa shape index (κ3) is 3.81. The number of nitrogens with zero attached hydrogens (tertiary/aromatic N) is 3. The summed E-state index contributed by atoms with van der Waals surface area (Å²) in [5.74, 6) is 1.41. The van der Waals surface area contributed by atoms with E-state index >= 15 is 0 Å². The maximum atomic E-state index is 13.3. The quantitative estimate of drug-likeness (QED) is 0.760. The predicted octanol–water partition coefficient (Wildman–Crippen LogP) is 3.61. The summed E-state index contributed by atoms with van der Waals surface area (Å²) < 4.78 is 40.6. The molecule has 0 aliphatic carbocycles. The number of benzene rings is 1. The van der Waals surface area contributed by atoms with Crippen LogP contribution >= 0.6 is 0 Å². The molecule has 3 heterocycles. The second-order valence-electron chi connectivity index (χ2n) is 7.43. The zero-order chi connectivity index (χ0) is 19.6. The van der Waals surface area contributed by atoms with Crippen LogP contribution in [0.1, 0.15) is 50.3 Å². The first-order valence-electron chi connectivity index (χ1n) is 9.97. The topological polar surface area (TPSA) is 75.9 Å². The van der Waals surface area contributed by atoms with Gasteiger partial charge in [-0.05, 0) is 49.9 Å². The first kappa shape index (κ1) is 19.4. The van der Waals surface area contributed by atoms with Crippen molar-refractivity contribution in [1.29, 1.82) is 0 Å². The van der Waals surface area contributed by atoms with Gasteiger partial charge >= 0.3 is 0 Å². The highest BCUT2D eigenvalue weighted by Crippen LogP contribution is 2.35. The summed E-state index contributed by atoms with van der Waals surface area (Å²) in [5, 5.41) is 4.26. The van der Waals surface area contributed by atoms with Gasteiger partial charge in [-0.2, -0.15) is 17.0 Å². The summed E-state index contributed by atoms with van der Waals surface area (Å²) in [6, 6.07) is 9.17. The van der Waals surface area contributed by atoms with E-state index in [2.05, 4.69) is 5.16 Å². The number of methoxy groups -OCH3 is 1. The van der Waals surface area contributed by atoms with E-state index in [-0.39, 0.29) is 6.04 Å². The van der Waals surface area contributed by atoms with Crippen LogP contribution in [0.25, 0.3) is 11.3 Å². The van der Waals surface area contributed by atoms with Gasteiger partial charge in [0.25, 0.3) is 10.2 Å². The molecule has 1 atom stereocenters. The van der Waals surface area contributed by atoms with E-state index in [0.717, 1.165) is 49.8 Å². The van der Waals surface area contributed by atoms with E-state index in [0.29, 0.717) is 31.1 Å². The molecule has 2 aliphatic heterocycles. The number of rotatable bonds is 5. The van der Waals surface area contributed by atoms with Gasteiger partial charge in [-0.15, -0.1) is 0 Å². The fraction of sp³-hybridized carbons (Fsp3) is 0.550. The van der Waals surface area contributed by atoms with E-state index in [1.807, 2.05) is 30.3 Å². The smallest absolute Gasteiger partial charge is 0.282 e. The van der Waals surface area contributed by atoms with Crippen LogP contribution in [-0.2, 0) is 10.2 Å². The van der Waals surface area contributed by atoms with Crippen molar-refractivity contribution < 1.29 is 17.7 Å². The Morgan fingerprint density at radius 1 is 1.04 bits per heavy atom. The SMILES string of the molecule is COc1ccc(-c2cc([C@H]3CCCCCN3S(=O)(=O)N3CCCC3)no2)cc1. The fourth-order valence-corrected chi connectivity index (χ4v) is 5.97. The lowest BCUT2D eigenvalue weighted by Gasteiger charge is -2.31. The second kappa shape index (κ2) is 8.23. The van der Waals surface area contributed by atoms with Crippen LogP contribution in [0.3, 0.4) is 0 Å². The summed E-state index contributed by atoms with van der Waals surface area (Å²) in [6.07, 6.45) is 5.54. The molecule has 2 aromatic rings. The first-order chi connectivity index (χ1) is 13.6. The third-order valence-corrected chi connectivity index (χ3v) is 7.68. The Kier molecular flexibility index (Phi) is 5.70. The van der Waals surface area contributed by atoms with Gasteiger partial charge in [0.2, 0.25) is 0 Å². The Labute approximate surface area is 166 Å². The molecule has 0 radical (unpaired) electrons. The number of hydrogen-bond donors (Lipinski definition) is 0. The monoisotopic (exact) mass is 405 g/mol. The molecule has 0 amide bonds. The molecule has 2 saturated heterocycles. The predicted molar refractivity (Wildman–Crippen MR) is 106 cm³/mol. The van der Waals surface area contributed by atoms with Crippen molar-refractivity contribution in [2.45, 2.75) is 44.6 Å². The largest absolute Gasteiger partial charge is 0.497 e. The summed E-state index contributed by atoms with van der Waals surface area (Å²) in [5.41, 5.74) is 1.58. The Bertz CT molecular complexity index is 888. The first-order valence-corrected chi connectivity index (χ1v) is 11.4. The van der Waals surface area contributed by atoms with Crippen molar-refractivity contribution in [3.8, 4) is 17.1 Å². The van der Waals surface area contributed by atoms with Gasteiger partial charge < -0.3 is 9.26 Å². The van der Waals surface area contributed by atoms with Gasteiger partial charge in [-0.3, -0.25) is 0 Å². The molecule has 2 fully saturated rings. The highest BCUT2D eigenvalue weighted by molar-refractivity contribution is 7.86. The van der Waals surface area contributed by atoms with Crippen molar-refractivity contribution in [3.63, 3.8) is 0 Å². The van der Waals surface area contributed by atoms with Gasteiger partial charge in [-0.25, -0.2) is 0 Å². The Hall–Kier alpha value is -1.90. The zero-order valence-electron chi connectivity index (χ0n) is 16.2. The summed E-state index contributed by atoms with van der Waals surface area (Å²) >= 11 is 0. The molecule has 152 valence electrons. The van der Waals surface area contributed by atoms with E-state index in [9.17, 15) is 8.42 Å². The molecular weight excluding hydrogens is 378 g/mol. The van der Waals surface area contributed by atoms with Crippen molar-refractivity contribution in [3.05, 3.63) is 36.0 Å². The van der Waals surface area contributed by atoms with Crippen molar-refractivity contribution in [2.75, 3.05) is 26.7 Å². The molecule has 1 aromatic carbocycles. The van der Waals surface area contributed by atoms with E-state index in [1.54, 1.807) is 15.7 Å². The second-order valence-corrected chi connectivity index (χ2v) is 9.32. The molecule has 2 aliphatic rings. The number of ether oxygens (including phenoxy) is 1.